The van der Waals surface area contributed by atoms with Crippen molar-refractivity contribution in [2.24, 2.45) is 0 Å². The van der Waals surface area contributed by atoms with Crippen molar-refractivity contribution in [3.63, 3.8) is 0 Å². The number of nitro groups is 1. The number of rotatable bonds is 6. The predicted molar refractivity (Wildman–Crippen MR) is 123 cm³/mol. The minimum Gasteiger partial charge on any atom is -0.298 e. The molecule has 0 fully saturated rings. The number of hydrogen-bond acceptors (Lipinski definition) is 9. The van der Waals surface area contributed by atoms with Gasteiger partial charge in [0.1, 0.15) is 0 Å². The van der Waals surface area contributed by atoms with E-state index in [4.69, 9.17) is 0 Å². The molecule has 0 saturated heterocycles. The third-order valence-electron chi connectivity index (χ3n) is 5.13. The summed E-state index contributed by atoms with van der Waals surface area (Å²) < 4.78 is 1.54. The zero-order valence-electron chi connectivity index (χ0n) is 17.2. The van der Waals surface area contributed by atoms with Crippen molar-refractivity contribution in [3.8, 4) is 5.69 Å². The zero-order chi connectivity index (χ0) is 22.8. The van der Waals surface area contributed by atoms with Gasteiger partial charge in [0.25, 0.3) is 11.6 Å². The molecule has 0 radical (unpaired) electrons. The van der Waals surface area contributed by atoms with E-state index in [1.165, 1.54) is 34.4 Å². The maximum Gasteiger partial charge on any atom is 0.270 e. The summed E-state index contributed by atoms with van der Waals surface area (Å²) in [7, 11) is 0. The molecule has 1 N–H and O–H groups in total. The first kappa shape index (κ1) is 21.2. The second kappa shape index (κ2) is 9.08. The highest BCUT2D eigenvalue weighted by Crippen LogP contribution is 2.34. The van der Waals surface area contributed by atoms with E-state index in [9.17, 15) is 14.9 Å². The standard InChI is InChI=1S/C21H17N7O3S2/c29-19(23-20-22-16-8-4-5-9-18(16)32-20)15-12-14(28(30)31)10-11-17(15)33-21-24-25-26-27(21)13-6-2-1-3-7-13/h1-3,6-7,10-12H,4-5,8-9H2,(H,22,23,29). The number of tetrazole rings is 1. The van der Waals surface area contributed by atoms with Gasteiger partial charge in [-0.2, -0.15) is 4.68 Å². The average molecular weight is 480 g/mol. The van der Waals surface area contributed by atoms with Crippen LogP contribution in [0.3, 0.4) is 0 Å². The molecular formula is C21H17N7O3S2. The van der Waals surface area contributed by atoms with Crippen LogP contribution < -0.4 is 5.32 Å². The van der Waals surface area contributed by atoms with Gasteiger partial charge in [-0.05, 0) is 66.1 Å². The number of anilines is 1. The van der Waals surface area contributed by atoms with Crippen LogP contribution >= 0.6 is 23.1 Å². The normalized spacial score (nSPS) is 12.8. The number of carbonyl (C=O) groups excluding carboxylic acids is 1. The van der Waals surface area contributed by atoms with E-state index in [0.717, 1.165) is 48.8 Å². The van der Waals surface area contributed by atoms with E-state index in [-0.39, 0.29) is 11.3 Å². The number of para-hydroxylation sites is 1. The fourth-order valence-corrected chi connectivity index (χ4v) is 5.49. The summed E-state index contributed by atoms with van der Waals surface area (Å²) in [4.78, 5) is 30.2. The van der Waals surface area contributed by atoms with Gasteiger partial charge in [0.05, 0.1) is 21.9 Å². The van der Waals surface area contributed by atoms with Crippen molar-refractivity contribution in [1.29, 1.82) is 0 Å². The molecule has 0 spiro atoms. The topological polar surface area (TPSA) is 129 Å². The molecule has 0 saturated carbocycles. The number of amides is 1. The SMILES string of the molecule is O=C(Nc1nc2c(s1)CCCC2)c1cc([N+](=O)[O-])ccc1Sc1nnnn1-c1ccccc1. The molecule has 12 heteroatoms. The molecular weight excluding hydrogens is 462 g/mol. The van der Waals surface area contributed by atoms with Crippen LogP contribution in [0.4, 0.5) is 10.8 Å². The summed E-state index contributed by atoms with van der Waals surface area (Å²) in [5.41, 5.74) is 1.76. The van der Waals surface area contributed by atoms with E-state index in [0.29, 0.717) is 15.2 Å². The quantitative estimate of drug-likeness (QED) is 0.320. The summed E-state index contributed by atoms with van der Waals surface area (Å²) in [6, 6.07) is 13.5. The molecule has 10 nitrogen and oxygen atoms in total. The maximum absolute atomic E-state index is 13.2. The number of nitro benzene ring substituents is 1. The second-order valence-corrected chi connectivity index (χ2v) is 9.39. The van der Waals surface area contributed by atoms with E-state index < -0.39 is 10.8 Å². The monoisotopic (exact) mass is 479 g/mol. The number of thiazole rings is 1. The Bertz CT molecular complexity index is 1310. The summed E-state index contributed by atoms with van der Waals surface area (Å²) >= 11 is 2.62. The lowest BCUT2D eigenvalue weighted by Crippen LogP contribution is -2.13. The molecule has 166 valence electrons. The minimum atomic E-state index is -0.526. The first-order valence-corrected chi connectivity index (χ1v) is 11.8. The average Bonchev–Trinajstić information content (AvgIpc) is 3.46. The van der Waals surface area contributed by atoms with Crippen molar-refractivity contribution in [2.75, 3.05) is 5.32 Å². The molecule has 1 amide bonds. The van der Waals surface area contributed by atoms with Gasteiger partial charge >= 0.3 is 0 Å². The third-order valence-corrected chi connectivity index (χ3v) is 7.21. The molecule has 0 aliphatic heterocycles. The summed E-state index contributed by atoms with van der Waals surface area (Å²) in [6.45, 7) is 0. The lowest BCUT2D eigenvalue weighted by Gasteiger charge is -2.09. The third kappa shape index (κ3) is 4.47. The molecule has 5 rings (SSSR count). The largest absolute Gasteiger partial charge is 0.298 e. The van der Waals surface area contributed by atoms with Crippen LogP contribution in [0.25, 0.3) is 5.69 Å². The van der Waals surface area contributed by atoms with Gasteiger partial charge < -0.3 is 0 Å². The van der Waals surface area contributed by atoms with Crippen molar-refractivity contribution in [2.45, 2.75) is 35.7 Å². The molecule has 1 aliphatic carbocycles. The number of carbonyl (C=O) groups is 1. The number of aromatic nitrogens is 5. The molecule has 2 aromatic heterocycles. The highest BCUT2D eigenvalue weighted by atomic mass is 32.2. The molecule has 0 unspecified atom stereocenters. The van der Waals surface area contributed by atoms with Gasteiger partial charge in [-0.25, -0.2) is 4.98 Å². The fraction of sp³-hybridized carbons (Fsp3) is 0.190. The molecule has 1 aliphatic rings. The Labute approximate surface area is 196 Å². The van der Waals surface area contributed by atoms with Crippen LogP contribution in [0, 0.1) is 10.1 Å². The lowest BCUT2D eigenvalue weighted by atomic mass is 10.0. The summed E-state index contributed by atoms with van der Waals surface area (Å²) in [5, 5.41) is 26.9. The Kier molecular flexibility index (Phi) is 5.84. The number of nitrogens with zero attached hydrogens (tertiary/aromatic N) is 6. The van der Waals surface area contributed by atoms with Gasteiger partial charge in [0.15, 0.2) is 5.13 Å². The number of benzene rings is 2. The Morgan fingerprint density at radius 3 is 2.76 bits per heavy atom. The van der Waals surface area contributed by atoms with Gasteiger partial charge in [0.2, 0.25) is 5.16 Å². The van der Waals surface area contributed by atoms with Gasteiger partial charge in [0, 0.05) is 21.9 Å². The van der Waals surface area contributed by atoms with Gasteiger partial charge in [-0.3, -0.25) is 20.2 Å². The maximum atomic E-state index is 13.2. The van der Waals surface area contributed by atoms with Crippen LogP contribution in [0.2, 0.25) is 0 Å². The van der Waals surface area contributed by atoms with Crippen molar-refractivity contribution in [1.82, 2.24) is 25.2 Å². The van der Waals surface area contributed by atoms with Crippen LogP contribution in [-0.4, -0.2) is 36.0 Å². The smallest absolute Gasteiger partial charge is 0.270 e. The van der Waals surface area contributed by atoms with Gasteiger partial charge in [-0.1, -0.05) is 18.2 Å². The van der Waals surface area contributed by atoms with Crippen LogP contribution in [0.15, 0.2) is 58.6 Å². The van der Waals surface area contributed by atoms with Crippen LogP contribution in [0.1, 0.15) is 33.8 Å². The molecule has 2 aromatic carbocycles. The van der Waals surface area contributed by atoms with E-state index in [1.807, 2.05) is 30.3 Å². The fourth-order valence-electron chi connectivity index (χ4n) is 3.54. The summed E-state index contributed by atoms with van der Waals surface area (Å²) in [6.07, 6.45) is 4.07. The molecule has 2 heterocycles. The first-order valence-electron chi connectivity index (χ1n) is 10.2. The lowest BCUT2D eigenvalue weighted by molar-refractivity contribution is -0.384. The highest BCUT2D eigenvalue weighted by Gasteiger charge is 2.22. The van der Waals surface area contributed by atoms with E-state index in [2.05, 4.69) is 25.8 Å². The Morgan fingerprint density at radius 1 is 1.15 bits per heavy atom. The van der Waals surface area contributed by atoms with Crippen molar-refractivity contribution in [3.05, 3.63) is 74.8 Å². The number of fused-ring (bicyclic) bond motifs is 1. The Balaban J connectivity index is 1.46. The molecule has 0 atom stereocenters. The highest BCUT2D eigenvalue weighted by molar-refractivity contribution is 7.99. The molecule has 33 heavy (non-hydrogen) atoms. The van der Waals surface area contributed by atoms with Gasteiger partial charge in [-0.15, -0.1) is 16.4 Å². The summed E-state index contributed by atoms with van der Waals surface area (Å²) in [5.74, 6) is -0.467. The zero-order valence-corrected chi connectivity index (χ0v) is 18.8. The minimum absolute atomic E-state index is 0.157. The van der Waals surface area contributed by atoms with E-state index in [1.54, 1.807) is 4.68 Å². The number of hydrogen-bond donors (Lipinski definition) is 1. The van der Waals surface area contributed by atoms with Crippen LogP contribution in [-0.2, 0) is 12.8 Å². The number of aryl methyl sites for hydroxylation is 2. The second-order valence-electron chi connectivity index (χ2n) is 7.30. The van der Waals surface area contributed by atoms with Crippen molar-refractivity contribution < 1.29 is 9.72 Å². The Morgan fingerprint density at radius 2 is 1.97 bits per heavy atom. The number of nitrogens with one attached hydrogen (secondary N) is 1. The van der Waals surface area contributed by atoms with E-state index >= 15 is 0 Å². The number of non-ortho nitro benzene ring substituents is 1. The predicted octanol–water partition coefficient (Wildman–Crippen LogP) is 4.31. The van der Waals surface area contributed by atoms with Crippen molar-refractivity contribution >= 4 is 39.8 Å². The first-order chi connectivity index (χ1) is 16.1. The molecule has 0 bridgehead atoms. The molecule has 4 aromatic rings. The Hall–Kier alpha value is -3.64. The van der Waals surface area contributed by atoms with Crippen LogP contribution in [0.5, 0.6) is 0 Å².